The van der Waals surface area contributed by atoms with Crippen molar-refractivity contribution in [1.82, 2.24) is 0 Å². The van der Waals surface area contributed by atoms with Crippen molar-refractivity contribution in [2.45, 2.75) is 32.1 Å². The van der Waals surface area contributed by atoms with E-state index in [1.54, 1.807) is 6.07 Å². The van der Waals surface area contributed by atoms with Crippen molar-refractivity contribution in [3.63, 3.8) is 0 Å². The molecule has 20 heavy (non-hydrogen) atoms. The number of nitrogens with two attached hydrogens (primary N) is 1. The first-order valence-electron chi connectivity index (χ1n) is 6.95. The van der Waals surface area contributed by atoms with Crippen LogP contribution in [0.3, 0.4) is 0 Å². The molecule has 4 N–H and O–H groups in total. The van der Waals surface area contributed by atoms with E-state index in [9.17, 15) is 15.2 Å². The van der Waals surface area contributed by atoms with Gasteiger partial charge in [0, 0.05) is 24.1 Å². The Morgan fingerprint density at radius 1 is 1.35 bits per heavy atom. The molecule has 0 spiro atoms. The van der Waals surface area contributed by atoms with Crippen molar-refractivity contribution >= 4 is 17.1 Å². The second kappa shape index (κ2) is 6.09. The molecule has 6 heteroatoms. The Morgan fingerprint density at radius 2 is 2.05 bits per heavy atom. The number of aliphatic hydroxyl groups excluding tert-OH is 1. The molecule has 1 aliphatic rings. The summed E-state index contributed by atoms with van der Waals surface area (Å²) in [4.78, 5) is 10.2. The zero-order valence-electron chi connectivity index (χ0n) is 11.5. The van der Waals surface area contributed by atoms with Gasteiger partial charge < -0.3 is 16.2 Å². The number of rotatable bonds is 5. The number of nitro groups is 1. The van der Waals surface area contributed by atoms with Crippen LogP contribution in [0, 0.1) is 15.5 Å². The Labute approximate surface area is 118 Å². The quantitative estimate of drug-likeness (QED) is 0.437. The van der Waals surface area contributed by atoms with Crippen molar-refractivity contribution < 1.29 is 10.0 Å². The predicted octanol–water partition coefficient (Wildman–Crippen LogP) is 2.53. The van der Waals surface area contributed by atoms with Crippen molar-refractivity contribution in [2.75, 3.05) is 24.2 Å². The molecule has 1 fully saturated rings. The summed E-state index contributed by atoms with van der Waals surface area (Å²) in [6.07, 6.45) is 5.50. The van der Waals surface area contributed by atoms with Crippen molar-refractivity contribution in [3.8, 4) is 0 Å². The smallest absolute Gasteiger partial charge is 0.271 e. The Hall–Kier alpha value is -1.82. The van der Waals surface area contributed by atoms with Gasteiger partial charge >= 0.3 is 0 Å². The van der Waals surface area contributed by atoms with Crippen LogP contribution in [-0.2, 0) is 0 Å². The van der Waals surface area contributed by atoms with E-state index in [-0.39, 0.29) is 17.7 Å². The lowest BCUT2D eigenvalue weighted by Crippen LogP contribution is -2.35. The van der Waals surface area contributed by atoms with E-state index in [4.69, 9.17) is 5.73 Å². The van der Waals surface area contributed by atoms with Gasteiger partial charge in [0.25, 0.3) is 5.69 Å². The zero-order valence-corrected chi connectivity index (χ0v) is 11.5. The minimum atomic E-state index is -0.462. The fourth-order valence-corrected chi connectivity index (χ4v) is 2.80. The minimum Gasteiger partial charge on any atom is -0.397 e. The van der Waals surface area contributed by atoms with Crippen LogP contribution >= 0.6 is 0 Å². The monoisotopic (exact) mass is 279 g/mol. The van der Waals surface area contributed by atoms with E-state index in [1.165, 1.54) is 18.6 Å². The summed E-state index contributed by atoms with van der Waals surface area (Å²) < 4.78 is 0. The molecular formula is C14H21N3O3. The molecule has 2 rings (SSSR count). The van der Waals surface area contributed by atoms with Gasteiger partial charge in [0.2, 0.25) is 0 Å². The van der Waals surface area contributed by atoms with Crippen LogP contribution < -0.4 is 11.1 Å². The molecule has 0 aliphatic heterocycles. The molecule has 6 nitrogen and oxygen atoms in total. The van der Waals surface area contributed by atoms with Gasteiger partial charge in [-0.1, -0.05) is 19.3 Å². The first-order valence-corrected chi connectivity index (χ1v) is 6.95. The molecule has 0 amide bonds. The second-order valence-corrected chi connectivity index (χ2v) is 5.60. The van der Waals surface area contributed by atoms with E-state index >= 15 is 0 Å². The van der Waals surface area contributed by atoms with Gasteiger partial charge in [-0.15, -0.1) is 0 Å². The summed E-state index contributed by atoms with van der Waals surface area (Å²) in [6, 6.07) is 4.42. The molecule has 0 heterocycles. The third kappa shape index (κ3) is 3.19. The number of hydrogen-bond donors (Lipinski definition) is 3. The van der Waals surface area contributed by atoms with Crippen LogP contribution in [0.2, 0.25) is 0 Å². The normalized spacial score (nSPS) is 17.6. The predicted molar refractivity (Wildman–Crippen MR) is 78.6 cm³/mol. The van der Waals surface area contributed by atoms with Gasteiger partial charge in [-0.05, 0) is 18.9 Å². The highest BCUT2D eigenvalue weighted by Crippen LogP contribution is 2.36. The number of nitrogens with zero attached hydrogens (tertiary/aromatic N) is 1. The van der Waals surface area contributed by atoms with E-state index in [0.717, 1.165) is 25.7 Å². The van der Waals surface area contributed by atoms with Gasteiger partial charge in [0.05, 0.1) is 22.9 Å². The van der Waals surface area contributed by atoms with Crippen molar-refractivity contribution in [1.29, 1.82) is 0 Å². The number of benzene rings is 1. The molecule has 1 aliphatic carbocycles. The molecule has 1 aromatic carbocycles. The summed E-state index contributed by atoms with van der Waals surface area (Å²) in [6.45, 7) is 0.804. The molecule has 0 unspecified atom stereocenters. The minimum absolute atomic E-state index is 0.0115. The SMILES string of the molecule is Nc1cc([N+](=O)[O-])ccc1NCC1(CO)CCCCC1. The second-order valence-electron chi connectivity index (χ2n) is 5.60. The number of nitro benzene ring substituents is 1. The summed E-state index contributed by atoms with van der Waals surface area (Å²) in [5.74, 6) is 0. The molecule has 110 valence electrons. The van der Waals surface area contributed by atoms with Gasteiger partial charge in [-0.3, -0.25) is 10.1 Å². The molecule has 0 atom stereocenters. The molecule has 1 aromatic rings. The van der Waals surface area contributed by atoms with Gasteiger partial charge in [0.15, 0.2) is 0 Å². The van der Waals surface area contributed by atoms with Gasteiger partial charge in [0.1, 0.15) is 0 Å². The van der Waals surface area contributed by atoms with E-state index < -0.39 is 4.92 Å². The standard InChI is InChI=1S/C14H21N3O3/c15-12-8-11(17(19)20)4-5-13(12)16-9-14(10-18)6-2-1-3-7-14/h4-5,8,16,18H,1-3,6-7,9-10,15H2. The number of nitrogen functional groups attached to an aromatic ring is 1. The van der Waals surface area contributed by atoms with E-state index in [0.29, 0.717) is 17.9 Å². The third-order valence-corrected chi connectivity index (χ3v) is 4.15. The van der Waals surface area contributed by atoms with Gasteiger partial charge in [-0.2, -0.15) is 0 Å². The number of hydrogen-bond acceptors (Lipinski definition) is 5. The first kappa shape index (κ1) is 14.6. The van der Waals surface area contributed by atoms with Crippen molar-refractivity contribution in [3.05, 3.63) is 28.3 Å². The molecular weight excluding hydrogens is 258 g/mol. The summed E-state index contributed by atoms with van der Waals surface area (Å²) >= 11 is 0. The molecule has 0 saturated heterocycles. The van der Waals surface area contributed by atoms with Gasteiger partial charge in [-0.25, -0.2) is 0 Å². The fraction of sp³-hybridized carbons (Fsp3) is 0.571. The van der Waals surface area contributed by atoms with Crippen LogP contribution in [0.25, 0.3) is 0 Å². The average Bonchev–Trinajstić information content (AvgIpc) is 2.47. The highest BCUT2D eigenvalue weighted by atomic mass is 16.6. The van der Waals surface area contributed by atoms with Crippen LogP contribution in [0.4, 0.5) is 17.1 Å². The van der Waals surface area contributed by atoms with Crippen LogP contribution in [0.15, 0.2) is 18.2 Å². The Bertz CT molecular complexity index is 485. The number of non-ortho nitro benzene ring substituents is 1. The lowest BCUT2D eigenvalue weighted by Gasteiger charge is -2.36. The number of aliphatic hydroxyl groups is 1. The van der Waals surface area contributed by atoms with E-state index in [2.05, 4.69) is 5.32 Å². The van der Waals surface area contributed by atoms with Crippen LogP contribution in [0.5, 0.6) is 0 Å². The summed E-state index contributed by atoms with van der Waals surface area (Å²) in [5, 5.41) is 23.5. The maximum absolute atomic E-state index is 10.7. The van der Waals surface area contributed by atoms with Crippen LogP contribution in [0.1, 0.15) is 32.1 Å². The third-order valence-electron chi connectivity index (χ3n) is 4.15. The topological polar surface area (TPSA) is 101 Å². The number of nitrogens with one attached hydrogen (secondary N) is 1. The fourth-order valence-electron chi connectivity index (χ4n) is 2.80. The average molecular weight is 279 g/mol. The molecule has 0 aromatic heterocycles. The summed E-state index contributed by atoms with van der Waals surface area (Å²) in [7, 11) is 0. The molecule has 0 bridgehead atoms. The lowest BCUT2D eigenvalue weighted by atomic mass is 9.74. The van der Waals surface area contributed by atoms with E-state index in [1.807, 2.05) is 0 Å². The first-order chi connectivity index (χ1) is 9.56. The lowest BCUT2D eigenvalue weighted by molar-refractivity contribution is -0.384. The Morgan fingerprint density at radius 3 is 2.60 bits per heavy atom. The Kier molecular flexibility index (Phi) is 4.44. The maximum Gasteiger partial charge on any atom is 0.271 e. The maximum atomic E-state index is 10.7. The number of anilines is 2. The zero-order chi connectivity index (χ0) is 14.6. The highest BCUT2D eigenvalue weighted by molar-refractivity contribution is 5.69. The largest absolute Gasteiger partial charge is 0.397 e. The van der Waals surface area contributed by atoms with Crippen LogP contribution in [-0.4, -0.2) is 23.2 Å². The Balaban J connectivity index is 2.04. The highest BCUT2D eigenvalue weighted by Gasteiger charge is 2.31. The molecule has 0 radical (unpaired) electrons. The van der Waals surface area contributed by atoms with Crippen molar-refractivity contribution in [2.24, 2.45) is 5.41 Å². The summed E-state index contributed by atoms with van der Waals surface area (Å²) in [5.41, 5.74) is 6.78. The molecule has 1 saturated carbocycles.